The third-order valence-corrected chi connectivity index (χ3v) is 1.95. The predicted molar refractivity (Wildman–Crippen MR) is 54.2 cm³/mol. The highest BCUT2D eigenvalue weighted by atomic mass is 19.3. The first-order chi connectivity index (χ1) is 7.91. The van der Waals surface area contributed by atoms with Crippen LogP contribution in [0.4, 0.5) is 8.78 Å². The number of carbonyl (C=O) groups is 2. The van der Waals surface area contributed by atoms with Gasteiger partial charge in [-0.3, -0.25) is 4.79 Å². The third-order valence-electron chi connectivity index (χ3n) is 1.95. The molecule has 0 bridgehead atoms. The number of halogens is 2. The average molecular weight is 244 g/mol. The normalized spacial score (nSPS) is 10.4. The van der Waals surface area contributed by atoms with Gasteiger partial charge >= 0.3 is 5.97 Å². The van der Waals surface area contributed by atoms with Gasteiger partial charge in [-0.15, -0.1) is 0 Å². The maximum atomic E-state index is 12.1. The van der Waals surface area contributed by atoms with Gasteiger partial charge < -0.3 is 10.0 Å². The minimum Gasteiger partial charge on any atom is -0.477 e. The number of hydrogen-bond donors (Lipinski definition) is 1. The summed E-state index contributed by atoms with van der Waals surface area (Å²) in [6.45, 7) is -0.724. The molecule has 1 rings (SSSR count). The van der Waals surface area contributed by atoms with Gasteiger partial charge in [-0.1, -0.05) is 6.07 Å². The van der Waals surface area contributed by atoms with Crippen LogP contribution in [0.25, 0.3) is 0 Å². The number of aromatic carboxylic acids is 1. The van der Waals surface area contributed by atoms with Crippen molar-refractivity contribution < 1.29 is 23.5 Å². The summed E-state index contributed by atoms with van der Waals surface area (Å²) in [5.74, 6) is -2.02. The summed E-state index contributed by atoms with van der Waals surface area (Å²) in [4.78, 5) is 26.6. The Morgan fingerprint density at radius 3 is 2.53 bits per heavy atom. The number of carboxylic acids is 1. The zero-order valence-electron chi connectivity index (χ0n) is 8.93. The average Bonchev–Trinajstić information content (AvgIpc) is 2.27. The lowest BCUT2D eigenvalue weighted by molar-refractivity contribution is 0.0614. The summed E-state index contributed by atoms with van der Waals surface area (Å²) < 4.78 is 24.1. The zero-order valence-corrected chi connectivity index (χ0v) is 8.93. The van der Waals surface area contributed by atoms with Gasteiger partial charge in [-0.2, -0.15) is 0 Å². The molecule has 7 heteroatoms. The van der Waals surface area contributed by atoms with Gasteiger partial charge in [0.25, 0.3) is 12.3 Å². The van der Waals surface area contributed by atoms with Gasteiger partial charge in [-0.05, 0) is 12.1 Å². The van der Waals surface area contributed by atoms with Crippen molar-refractivity contribution in [2.75, 3.05) is 13.6 Å². The number of amides is 1. The smallest absolute Gasteiger partial charge is 0.354 e. The number of aromatic nitrogens is 1. The molecule has 1 aromatic heterocycles. The zero-order chi connectivity index (χ0) is 13.0. The van der Waals surface area contributed by atoms with Crippen molar-refractivity contribution in [2.45, 2.75) is 6.43 Å². The first-order valence-corrected chi connectivity index (χ1v) is 4.65. The SMILES string of the molecule is CN(CC(F)F)C(=O)c1cccc(C(=O)O)n1. The summed E-state index contributed by atoms with van der Waals surface area (Å²) in [6, 6.07) is 3.82. The molecule has 1 amide bonds. The molecule has 0 spiro atoms. The molecule has 0 atom stereocenters. The monoisotopic (exact) mass is 244 g/mol. The van der Waals surface area contributed by atoms with E-state index in [4.69, 9.17) is 5.11 Å². The van der Waals surface area contributed by atoms with Crippen LogP contribution in [-0.4, -0.2) is 46.9 Å². The Bertz CT molecular complexity index is 437. The molecule has 92 valence electrons. The highest BCUT2D eigenvalue weighted by Gasteiger charge is 2.18. The van der Waals surface area contributed by atoms with E-state index in [1.165, 1.54) is 25.2 Å². The fourth-order valence-corrected chi connectivity index (χ4v) is 1.16. The topological polar surface area (TPSA) is 70.5 Å². The maximum absolute atomic E-state index is 12.1. The first-order valence-electron chi connectivity index (χ1n) is 4.65. The van der Waals surface area contributed by atoms with Gasteiger partial charge in [-0.25, -0.2) is 18.6 Å². The number of nitrogens with zero attached hydrogens (tertiary/aromatic N) is 2. The summed E-state index contributed by atoms with van der Waals surface area (Å²) in [7, 11) is 1.20. The van der Waals surface area contributed by atoms with Crippen LogP contribution in [0.1, 0.15) is 21.0 Å². The van der Waals surface area contributed by atoms with Crippen molar-refractivity contribution in [3.8, 4) is 0 Å². The van der Waals surface area contributed by atoms with Crippen molar-refractivity contribution in [1.29, 1.82) is 0 Å². The predicted octanol–water partition coefficient (Wildman–Crippen LogP) is 1.12. The molecule has 1 N–H and O–H groups in total. The summed E-state index contributed by atoms with van der Waals surface area (Å²) in [6.07, 6.45) is -2.65. The minimum absolute atomic E-state index is 0.173. The number of hydrogen-bond acceptors (Lipinski definition) is 3. The molecule has 5 nitrogen and oxygen atoms in total. The molecule has 0 saturated heterocycles. The van der Waals surface area contributed by atoms with Gasteiger partial charge in [0.2, 0.25) is 0 Å². The van der Waals surface area contributed by atoms with Crippen LogP contribution < -0.4 is 0 Å². The van der Waals surface area contributed by atoms with Gasteiger partial charge in [0.05, 0.1) is 6.54 Å². The van der Waals surface area contributed by atoms with E-state index >= 15 is 0 Å². The summed E-state index contributed by atoms with van der Waals surface area (Å²) in [5, 5.41) is 8.67. The number of pyridine rings is 1. The number of alkyl halides is 2. The quantitative estimate of drug-likeness (QED) is 0.861. The fourth-order valence-electron chi connectivity index (χ4n) is 1.16. The largest absolute Gasteiger partial charge is 0.477 e. The van der Waals surface area contributed by atoms with Crippen LogP contribution in [0.15, 0.2) is 18.2 Å². The lowest BCUT2D eigenvalue weighted by Crippen LogP contribution is -2.32. The van der Waals surface area contributed by atoms with E-state index in [9.17, 15) is 18.4 Å². The number of carboxylic acid groups (broad SMARTS) is 1. The molecule has 0 saturated carbocycles. The van der Waals surface area contributed by atoms with Gasteiger partial charge in [0.15, 0.2) is 0 Å². The summed E-state index contributed by atoms with van der Waals surface area (Å²) >= 11 is 0. The van der Waals surface area contributed by atoms with Gasteiger partial charge in [0.1, 0.15) is 11.4 Å². The molecule has 0 aliphatic carbocycles. The number of rotatable bonds is 4. The van der Waals surface area contributed by atoms with E-state index in [2.05, 4.69) is 4.98 Å². The van der Waals surface area contributed by atoms with Crippen LogP contribution in [0.5, 0.6) is 0 Å². The highest BCUT2D eigenvalue weighted by Crippen LogP contribution is 2.05. The third kappa shape index (κ3) is 3.47. The molecule has 0 fully saturated rings. The van der Waals surface area contributed by atoms with E-state index in [0.29, 0.717) is 0 Å². The molecule has 0 aromatic carbocycles. The van der Waals surface area contributed by atoms with E-state index in [1.807, 2.05) is 0 Å². The second kappa shape index (κ2) is 5.33. The molecule has 0 aliphatic rings. The Labute approximate surface area is 95.7 Å². The van der Waals surface area contributed by atoms with Crippen LogP contribution in [-0.2, 0) is 0 Å². The minimum atomic E-state index is -2.65. The van der Waals surface area contributed by atoms with Crippen LogP contribution >= 0.6 is 0 Å². The molecule has 0 unspecified atom stereocenters. The summed E-state index contributed by atoms with van der Waals surface area (Å²) in [5.41, 5.74) is -0.477. The van der Waals surface area contributed by atoms with Crippen molar-refractivity contribution in [1.82, 2.24) is 9.88 Å². The number of carbonyl (C=O) groups excluding carboxylic acids is 1. The Hall–Kier alpha value is -2.05. The van der Waals surface area contributed by atoms with E-state index < -0.39 is 24.8 Å². The Balaban J connectivity index is 2.89. The lowest BCUT2D eigenvalue weighted by Gasteiger charge is -2.15. The molecule has 1 heterocycles. The van der Waals surface area contributed by atoms with Crippen molar-refractivity contribution in [2.24, 2.45) is 0 Å². The maximum Gasteiger partial charge on any atom is 0.354 e. The van der Waals surface area contributed by atoms with Crippen LogP contribution in [0.3, 0.4) is 0 Å². The van der Waals surface area contributed by atoms with Crippen molar-refractivity contribution in [3.05, 3.63) is 29.6 Å². The molecular weight excluding hydrogens is 234 g/mol. The molecule has 1 aromatic rings. The highest BCUT2D eigenvalue weighted by molar-refractivity contribution is 5.94. The fraction of sp³-hybridized carbons (Fsp3) is 0.300. The second-order valence-corrected chi connectivity index (χ2v) is 3.29. The van der Waals surface area contributed by atoms with E-state index in [1.54, 1.807) is 0 Å². The Kier molecular flexibility index (Phi) is 4.08. The molecule has 0 radical (unpaired) electrons. The van der Waals surface area contributed by atoms with E-state index in [-0.39, 0.29) is 11.4 Å². The van der Waals surface area contributed by atoms with Gasteiger partial charge in [0, 0.05) is 7.05 Å². The van der Waals surface area contributed by atoms with Crippen LogP contribution in [0.2, 0.25) is 0 Å². The molecular formula is C10H10F2N2O3. The molecule has 17 heavy (non-hydrogen) atoms. The van der Waals surface area contributed by atoms with Crippen LogP contribution in [0, 0.1) is 0 Å². The van der Waals surface area contributed by atoms with Crippen molar-refractivity contribution in [3.63, 3.8) is 0 Å². The van der Waals surface area contributed by atoms with E-state index in [0.717, 1.165) is 4.90 Å². The second-order valence-electron chi connectivity index (χ2n) is 3.29. The lowest BCUT2D eigenvalue weighted by atomic mass is 10.3. The Morgan fingerprint density at radius 1 is 1.41 bits per heavy atom. The first kappa shape index (κ1) is 13.0. The molecule has 0 aliphatic heterocycles. The van der Waals surface area contributed by atoms with Crippen molar-refractivity contribution >= 4 is 11.9 Å². The standard InChI is InChI=1S/C10H10F2N2O3/c1-14(5-8(11)12)9(15)6-3-2-4-7(13-6)10(16)17/h2-4,8H,5H2,1H3,(H,16,17). The Morgan fingerprint density at radius 2 is 2.00 bits per heavy atom.